The standard InChI is InChI=1S/C15H16N2O4/c18-13-6-5-11(16-13)14(19)17-8-7-10(15(20)21)9-3-1-2-4-12(9)17/h1-4,10-11H,5-8H2,(H,16,18)(H,20,21). The lowest BCUT2D eigenvalue weighted by Crippen LogP contribution is -2.47. The normalized spacial score (nSPS) is 24.4. The highest BCUT2D eigenvalue weighted by Gasteiger charge is 2.36. The number of carboxylic acids is 1. The monoisotopic (exact) mass is 288 g/mol. The van der Waals surface area contributed by atoms with Gasteiger partial charge in [0.2, 0.25) is 11.8 Å². The van der Waals surface area contributed by atoms with Gasteiger partial charge in [-0.3, -0.25) is 14.4 Å². The minimum Gasteiger partial charge on any atom is -0.481 e. The summed E-state index contributed by atoms with van der Waals surface area (Å²) in [7, 11) is 0. The van der Waals surface area contributed by atoms with E-state index in [1.165, 1.54) is 0 Å². The van der Waals surface area contributed by atoms with Crippen molar-refractivity contribution in [3.63, 3.8) is 0 Å². The van der Waals surface area contributed by atoms with Crippen molar-refractivity contribution in [3.05, 3.63) is 29.8 Å². The van der Waals surface area contributed by atoms with E-state index in [-0.39, 0.29) is 11.8 Å². The van der Waals surface area contributed by atoms with Crippen molar-refractivity contribution >= 4 is 23.5 Å². The zero-order valence-corrected chi connectivity index (χ0v) is 11.4. The van der Waals surface area contributed by atoms with Crippen LogP contribution in [0, 0.1) is 0 Å². The minimum absolute atomic E-state index is 0.109. The predicted molar refractivity (Wildman–Crippen MR) is 75.0 cm³/mol. The average Bonchev–Trinajstić information content (AvgIpc) is 2.91. The Morgan fingerprint density at radius 1 is 1.24 bits per heavy atom. The fourth-order valence-electron chi connectivity index (χ4n) is 3.03. The molecule has 1 aromatic carbocycles. The van der Waals surface area contributed by atoms with Gasteiger partial charge in [0.05, 0.1) is 5.92 Å². The second-order valence-electron chi connectivity index (χ2n) is 5.39. The first kappa shape index (κ1) is 13.6. The summed E-state index contributed by atoms with van der Waals surface area (Å²) in [6.07, 6.45) is 1.25. The molecule has 0 radical (unpaired) electrons. The Labute approximate surface area is 121 Å². The van der Waals surface area contributed by atoms with Crippen molar-refractivity contribution < 1.29 is 19.5 Å². The maximum Gasteiger partial charge on any atom is 0.311 e. The summed E-state index contributed by atoms with van der Waals surface area (Å²) in [6, 6.07) is 6.59. The molecule has 2 N–H and O–H groups in total. The number of amides is 2. The van der Waals surface area contributed by atoms with E-state index in [9.17, 15) is 19.5 Å². The molecule has 21 heavy (non-hydrogen) atoms. The van der Waals surface area contributed by atoms with Crippen LogP contribution in [0.3, 0.4) is 0 Å². The lowest BCUT2D eigenvalue weighted by Gasteiger charge is -2.34. The fourth-order valence-corrected chi connectivity index (χ4v) is 3.03. The predicted octanol–water partition coefficient (Wildman–Crippen LogP) is 0.870. The van der Waals surface area contributed by atoms with Crippen LogP contribution in [-0.4, -0.2) is 35.5 Å². The molecule has 110 valence electrons. The number of anilines is 1. The van der Waals surface area contributed by atoms with E-state index in [1.807, 2.05) is 0 Å². The SMILES string of the molecule is O=C1CCC(C(=O)N2CCC(C(=O)O)c3ccccc32)N1. The molecule has 0 aliphatic carbocycles. The fraction of sp³-hybridized carbons (Fsp3) is 0.400. The molecule has 2 atom stereocenters. The maximum absolute atomic E-state index is 12.5. The van der Waals surface area contributed by atoms with Crippen LogP contribution in [0.15, 0.2) is 24.3 Å². The van der Waals surface area contributed by atoms with Crippen LogP contribution in [-0.2, 0) is 14.4 Å². The van der Waals surface area contributed by atoms with Gasteiger partial charge in [-0.25, -0.2) is 0 Å². The molecular formula is C15H16N2O4. The van der Waals surface area contributed by atoms with Crippen LogP contribution in [0.5, 0.6) is 0 Å². The van der Waals surface area contributed by atoms with Gasteiger partial charge in [0.1, 0.15) is 6.04 Å². The van der Waals surface area contributed by atoms with Crippen molar-refractivity contribution in [1.82, 2.24) is 5.32 Å². The number of nitrogens with one attached hydrogen (secondary N) is 1. The highest BCUT2D eigenvalue weighted by molar-refractivity contribution is 6.02. The Kier molecular flexibility index (Phi) is 3.37. The summed E-state index contributed by atoms with van der Waals surface area (Å²) in [4.78, 5) is 36.8. The van der Waals surface area contributed by atoms with Crippen LogP contribution in [0.25, 0.3) is 0 Å². The number of fused-ring (bicyclic) bond motifs is 1. The van der Waals surface area contributed by atoms with Gasteiger partial charge in [-0.05, 0) is 24.5 Å². The molecule has 3 rings (SSSR count). The van der Waals surface area contributed by atoms with E-state index >= 15 is 0 Å². The molecule has 0 bridgehead atoms. The Bertz CT molecular complexity index is 613. The summed E-state index contributed by atoms with van der Waals surface area (Å²) in [6.45, 7) is 0.360. The maximum atomic E-state index is 12.5. The van der Waals surface area contributed by atoms with Crippen LogP contribution in [0.2, 0.25) is 0 Å². The molecule has 2 aliphatic rings. The first-order chi connectivity index (χ1) is 10.1. The van der Waals surface area contributed by atoms with Crippen molar-refractivity contribution in [3.8, 4) is 0 Å². The summed E-state index contributed by atoms with van der Waals surface area (Å²) < 4.78 is 0. The van der Waals surface area contributed by atoms with Crippen LogP contribution in [0.4, 0.5) is 5.69 Å². The summed E-state index contributed by atoms with van der Waals surface area (Å²) in [5.74, 6) is -1.72. The van der Waals surface area contributed by atoms with Crippen molar-refractivity contribution in [2.45, 2.75) is 31.2 Å². The average molecular weight is 288 g/mol. The van der Waals surface area contributed by atoms with Gasteiger partial charge in [0.15, 0.2) is 0 Å². The molecule has 1 aromatic rings. The largest absolute Gasteiger partial charge is 0.481 e. The van der Waals surface area contributed by atoms with E-state index < -0.39 is 17.9 Å². The molecule has 2 unspecified atom stereocenters. The molecular weight excluding hydrogens is 272 g/mol. The zero-order chi connectivity index (χ0) is 15.0. The summed E-state index contributed by atoms with van der Waals surface area (Å²) in [5.41, 5.74) is 1.30. The van der Waals surface area contributed by atoms with Crippen LogP contribution >= 0.6 is 0 Å². The lowest BCUT2D eigenvalue weighted by molar-refractivity contribution is -0.139. The summed E-state index contributed by atoms with van der Waals surface area (Å²) in [5, 5.41) is 12.0. The Morgan fingerprint density at radius 3 is 2.67 bits per heavy atom. The molecule has 2 heterocycles. The van der Waals surface area contributed by atoms with Crippen LogP contribution < -0.4 is 10.2 Å². The van der Waals surface area contributed by atoms with Gasteiger partial charge < -0.3 is 15.3 Å². The van der Waals surface area contributed by atoms with Gasteiger partial charge in [0.25, 0.3) is 0 Å². The molecule has 0 spiro atoms. The van der Waals surface area contributed by atoms with Crippen LogP contribution in [0.1, 0.15) is 30.7 Å². The third-order valence-electron chi connectivity index (χ3n) is 4.10. The number of rotatable bonds is 2. The smallest absolute Gasteiger partial charge is 0.311 e. The first-order valence-corrected chi connectivity index (χ1v) is 7.00. The van der Waals surface area contributed by atoms with E-state index in [1.54, 1.807) is 29.2 Å². The molecule has 0 saturated carbocycles. The molecule has 1 saturated heterocycles. The van der Waals surface area contributed by atoms with E-state index in [0.717, 1.165) is 0 Å². The zero-order valence-electron chi connectivity index (χ0n) is 11.4. The number of nitrogens with zero attached hydrogens (tertiary/aromatic N) is 1. The Balaban J connectivity index is 1.90. The number of carbonyl (C=O) groups is 3. The molecule has 2 amide bonds. The quantitative estimate of drug-likeness (QED) is 0.845. The number of benzene rings is 1. The first-order valence-electron chi connectivity index (χ1n) is 7.00. The molecule has 6 heteroatoms. The minimum atomic E-state index is -0.872. The van der Waals surface area contributed by atoms with Gasteiger partial charge in [-0.15, -0.1) is 0 Å². The number of hydrogen-bond donors (Lipinski definition) is 2. The topological polar surface area (TPSA) is 86.7 Å². The summed E-state index contributed by atoms with van der Waals surface area (Å²) >= 11 is 0. The third kappa shape index (κ3) is 2.37. The molecule has 6 nitrogen and oxygen atoms in total. The lowest BCUT2D eigenvalue weighted by atomic mass is 9.89. The number of carboxylic acid groups (broad SMARTS) is 1. The van der Waals surface area contributed by atoms with E-state index in [0.29, 0.717) is 37.1 Å². The van der Waals surface area contributed by atoms with Crippen molar-refractivity contribution in [2.24, 2.45) is 0 Å². The van der Waals surface area contributed by atoms with Gasteiger partial charge in [-0.2, -0.15) is 0 Å². The second kappa shape index (κ2) is 5.20. The van der Waals surface area contributed by atoms with Gasteiger partial charge in [0, 0.05) is 18.7 Å². The van der Waals surface area contributed by atoms with Gasteiger partial charge >= 0.3 is 5.97 Å². The molecule has 0 aromatic heterocycles. The Morgan fingerprint density at radius 2 is 2.00 bits per heavy atom. The van der Waals surface area contributed by atoms with Crippen molar-refractivity contribution in [2.75, 3.05) is 11.4 Å². The number of hydrogen-bond acceptors (Lipinski definition) is 3. The highest BCUT2D eigenvalue weighted by atomic mass is 16.4. The number of aliphatic carboxylic acids is 1. The second-order valence-corrected chi connectivity index (χ2v) is 5.39. The third-order valence-corrected chi connectivity index (χ3v) is 4.10. The van der Waals surface area contributed by atoms with Crippen molar-refractivity contribution in [1.29, 1.82) is 0 Å². The van der Waals surface area contributed by atoms with Gasteiger partial charge in [-0.1, -0.05) is 18.2 Å². The number of carbonyl (C=O) groups excluding carboxylic acids is 2. The Hall–Kier alpha value is -2.37. The van der Waals surface area contributed by atoms with E-state index in [4.69, 9.17) is 0 Å². The number of para-hydroxylation sites is 1. The molecule has 2 aliphatic heterocycles. The van der Waals surface area contributed by atoms with E-state index in [2.05, 4.69) is 5.32 Å². The molecule has 1 fully saturated rings. The highest BCUT2D eigenvalue weighted by Crippen LogP contribution is 2.36.